The molecule has 1 saturated heterocycles. The van der Waals surface area contributed by atoms with Gasteiger partial charge in [0.05, 0.1) is 30.8 Å². The predicted molar refractivity (Wildman–Crippen MR) is 95.0 cm³/mol. The lowest BCUT2D eigenvalue weighted by Crippen LogP contribution is -2.36. The third kappa shape index (κ3) is 3.76. The first-order valence-corrected chi connectivity index (χ1v) is 8.80. The van der Waals surface area contributed by atoms with Crippen molar-refractivity contribution < 1.29 is 9.53 Å². The van der Waals surface area contributed by atoms with Crippen molar-refractivity contribution in [2.45, 2.75) is 39.8 Å². The van der Waals surface area contributed by atoms with Gasteiger partial charge in [-0.15, -0.1) is 0 Å². The van der Waals surface area contributed by atoms with E-state index in [1.165, 1.54) is 0 Å². The number of aryl methyl sites for hydroxylation is 1. The molecular formula is C18H26N4O2. The van der Waals surface area contributed by atoms with Crippen molar-refractivity contribution in [2.24, 2.45) is 0 Å². The molecule has 0 spiro atoms. The number of benzene rings is 1. The van der Waals surface area contributed by atoms with E-state index in [4.69, 9.17) is 9.72 Å². The molecule has 1 aromatic heterocycles. The Hall–Kier alpha value is -1.92. The van der Waals surface area contributed by atoms with Gasteiger partial charge < -0.3 is 14.6 Å². The van der Waals surface area contributed by atoms with Crippen molar-refractivity contribution in [3.05, 3.63) is 24.0 Å². The van der Waals surface area contributed by atoms with E-state index in [9.17, 15) is 4.79 Å². The smallest absolute Gasteiger partial charge is 0.224 e. The number of rotatable bonds is 6. The van der Waals surface area contributed by atoms with Gasteiger partial charge in [-0.2, -0.15) is 0 Å². The summed E-state index contributed by atoms with van der Waals surface area (Å²) in [6.07, 6.45) is 1.54. The number of nitrogens with one attached hydrogen (secondary N) is 1. The van der Waals surface area contributed by atoms with Crippen molar-refractivity contribution in [2.75, 3.05) is 31.6 Å². The van der Waals surface area contributed by atoms with Gasteiger partial charge in [-0.05, 0) is 24.6 Å². The molecule has 1 N–H and O–H groups in total. The summed E-state index contributed by atoms with van der Waals surface area (Å²) in [4.78, 5) is 18.8. The Morgan fingerprint density at radius 1 is 1.29 bits per heavy atom. The fourth-order valence-corrected chi connectivity index (χ4v) is 3.06. The molecule has 0 saturated carbocycles. The lowest BCUT2D eigenvalue weighted by molar-refractivity contribution is -0.115. The summed E-state index contributed by atoms with van der Waals surface area (Å²) in [5, 5.41) is 2.91. The molecule has 0 aliphatic carbocycles. The molecule has 1 amide bonds. The highest BCUT2D eigenvalue weighted by Crippen LogP contribution is 2.22. The van der Waals surface area contributed by atoms with Crippen LogP contribution in [0.25, 0.3) is 11.0 Å². The minimum Gasteiger partial charge on any atom is -0.379 e. The summed E-state index contributed by atoms with van der Waals surface area (Å²) in [5.74, 6) is 1.11. The Labute approximate surface area is 142 Å². The van der Waals surface area contributed by atoms with Crippen LogP contribution in [0, 0.1) is 0 Å². The second kappa shape index (κ2) is 7.77. The molecule has 2 aromatic rings. The highest BCUT2D eigenvalue weighted by molar-refractivity contribution is 5.92. The number of nitrogens with zero attached hydrogens (tertiary/aromatic N) is 3. The number of morpholine rings is 1. The number of fused-ring (bicyclic) bond motifs is 1. The van der Waals surface area contributed by atoms with Crippen LogP contribution in [0.5, 0.6) is 0 Å². The molecule has 1 aliphatic heterocycles. The van der Waals surface area contributed by atoms with Crippen LogP contribution in [0.2, 0.25) is 0 Å². The lowest BCUT2D eigenvalue weighted by Gasteiger charge is -2.26. The van der Waals surface area contributed by atoms with Crippen LogP contribution < -0.4 is 5.32 Å². The van der Waals surface area contributed by atoms with E-state index in [0.29, 0.717) is 6.42 Å². The number of carbonyl (C=O) groups excluding carboxylic acids is 1. The third-order valence-corrected chi connectivity index (χ3v) is 4.35. The van der Waals surface area contributed by atoms with E-state index in [1.54, 1.807) is 0 Å². The molecule has 1 aromatic carbocycles. The molecule has 1 aliphatic rings. The molecule has 3 rings (SSSR count). The Morgan fingerprint density at radius 2 is 2.08 bits per heavy atom. The summed E-state index contributed by atoms with van der Waals surface area (Å²) < 4.78 is 7.73. The zero-order valence-electron chi connectivity index (χ0n) is 14.5. The lowest BCUT2D eigenvalue weighted by atomic mass is 10.2. The van der Waals surface area contributed by atoms with Crippen molar-refractivity contribution >= 4 is 22.6 Å². The summed E-state index contributed by atoms with van der Waals surface area (Å²) >= 11 is 0. The summed E-state index contributed by atoms with van der Waals surface area (Å²) in [7, 11) is 0. The van der Waals surface area contributed by atoms with E-state index >= 15 is 0 Å². The molecule has 24 heavy (non-hydrogen) atoms. The minimum absolute atomic E-state index is 0.0240. The quantitative estimate of drug-likeness (QED) is 0.884. The first-order chi connectivity index (χ1) is 11.7. The van der Waals surface area contributed by atoms with Crippen LogP contribution in [0.4, 0.5) is 5.69 Å². The minimum atomic E-state index is 0.0240. The van der Waals surface area contributed by atoms with Gasteiger partial charge in [0.2, 0.25) is 5.91 Å². The zero-order valence-corrected chi connectivity index (χ0v) is 14.5. The molecule has 6 nitrogen and oxygen atoms in total. The molecule has 0 atom stereocenters. The van der Waals surface area contributed by atoms with Gasteiger partial charge in [0.15, 0.2) is 0 Å². The highest BCUT2D eigenvalue weighted by Gasteiger charge is 2.16. The monoisotopic (exact) mass is 330 g/mol. The molecule has 0 bridgehead atoms. The Balaban J connectivity index is 1.88. The van der Waals surface area contributed by atoms with Crippen LogP contribution in [-0.2, 0) is 22.6 Å². The maximum atomic E-state index is 11.6. The number of ether oxygens (including phenoxy) is 1. The normalized spacial score (nSPS) is 15.8. The van der Waals surface area contributed by atoms with Crippen molar-refractivity contribution in [1.29, 1.82) is 0 Å². The van der Waals surface area contributed by atoms with Crippen LogP contribution in [0.1, 0.15) is 32.5 Å². The van der Waals surface area contributed by atoms with E-state index in [2.05, 4.69) is 27.8 Å². The van der Waals surface area contributed by atoms with E-state index in [0.717, 1.165) is 68.4 Å². The number of hydrogen-bond donors (Lipinski definition) is 1. The first-order valence-electron chi connectivity index (χ1n) is 8.80. The Bertz CT molecular complexity index is 704. The molecule has 1 fully saturated rings. The van der Waals surface area contributed by atoms with Gasteiger partial charge in [0.1, 0.15) is 5.82 Å². The van der Waals surface area contributed by atoms with Gasteiger partial charge in [0.25, 0.3) is 0 Å². The van der Waals surface area contributed by atoms with Crippen molar-refractivity contribution in [3.8, 4) is 0 Å². The summed E-state index contributed by atoms with van der Waals surface area (Å²) in [5.41, 5.74) is 2.89. The maximum Gasteiger partial charge on any atom is 0.224 e. The Kier molecular flexibility index (Phi) is 5.48. The SMILES string of the molecule is CCCn1c(CN2CCOCC2)nc2cc(NC(=O)CC)ccc21. The molecule has 130 valence electrons. The number of anilines is 1. The van der Waals surface area contributed by atoms with E-state index < -0.39 is 0 Å². The predicted octanol–water partition coefficient (Wildman–Crippen LogP) is 2.63. The van der Waals surface area contributed by atoms with Gasteiger partial charge >= 0.3 is 0 Å². The fraction of sp³-hybridized carbons (Fsp3) is 0.556. The number of amides is 1. The highest BCUT2D eigenvalue weighted by atomic mass is 16.5. The standard InChI is InChI=1S/C18H26N4O2/c1-3-7-22-16-6-5-14(19-18(23)4-2)12-15(16)20-17(22)13-21-8-10-24-11-9-21/h5-6,12H,3-4,7-11,13H2,1-2H3,(H,19,23). The van der Waals surface area contributed by atoms with Gasteiger partial charge in [-0.3, -0.25) is 9.69 Å². The molecule has 0 unspecified atom stereocenters. The number of imidazole rings is 1. The van der Waals surface area contributed by atoms with E-state index in [-0.39, 0.29) is 5.91 Å². The number of carbonyl (C=O) groups is 1. The average molecular weight is 330 g/mol. The van der Waals surface area contributed by atoms with Crippen LogP contribution in [0.3, 0.4) is 0 Å². The first kappa shape index (κ1) is 16.9. The third-order valence-electron chi connectivity index (χ3n) is 4.35. The maximum absolute atomic E-state index is 11.6. The average Bonchev–Trinajstić information content (AvgIpc) is 2.93. The second-order valence-electron chi connectivity index (χ2n) is 6.17. The van der Waals surface area contributed by atoms with Crippen molar-refractivity contribution in [1.82, 2.24) is 14.5 Å². The van der Waals surface area contributed by atoms with Gasteiger partial charge in [-0.25, -0.2) is 4.98 Å². The topological polar surface area (TPSA) is 59.4 Å². The number of aromatic nitrogens is 2. The number of hydrogen-bond acceptors (Lipinski definition) is 4. The second-order valence-corrected chi connectivity index (χ2v) is 6.17. The largest absolute Gasteiger partial charge is 0.379 e. The van der Waals surface area contributed by atoms with E-state index in [1.807, 2.05) is 19.1 Å². The van der Waals surface area contributed by atoms with Crippen LogP contribution in [0.15, 0.2) is 18.2 Å². The van der Waals surface area contributed by atoms with Gasteiger partial charge in [-0.1, -0.05) is 13.8 Å². The summed E-state index contributed by atoms with van der Waals surface area (Å²) in [6, 6.07) is 5.99. The molecule has 0 radical (unpaired) electrons. The van der Waals surface area contributed by atoms with Crippen molar-refractivity contribution in [3.63, 3.8) is 0 Å². The van der Waals surface area contributed by atoms with Crippen LogP contribution >= 0.6 is 0 Å². The summed E-state index contributed by atoms with van der Waals surface area (Å²) in [6.45, 7) is 9.32. The fourth-order valence-electron chi connectivity index (χ4n) is 3.06. The molecule has 6 heteroatoms. The van der Waals surface area contributed by atoms with Gasteiger partial charge in [0, 0.05) is 31.7 Å². The Morgan fingerprint density at radius 3 is 2.79 bits per heavy atom. The zero-order chi connectivity index (χ0) is 16.9. The molecule has 2 heterocycles. The molecular weight excluding hydrogens is 304 g/mol. The van der Waals surface area contributed by atoms with Crippen LogP contribution in [-0.4, -0.2) is 46.7 Å².